The molecule has 0 spiro atoms. The van der Waals surface area contributed by atoms with Gasteiger partial charge in [-0.1, -0.05) is 50.2 Å². The summed E-state index contributed by atoms with van der Waals surface area (Å²) in [7, 11) is 0. The molecule has 0 aliphatic carbocycles. The van der Waals surface area contributed by atoms with Gasteiger partial charge in [0, 0.05) is 16.0 Å². The van der Waals surface area contributed by atoms with Crippen molar-refractivity contribution in [1.82, 2.24) is 0 Å². The molecule has 0 saturated carbocycles. The Kier molecular flexibility index (Phi) is 5.84. The first-order chi connectivity index (χ1) is 10.8. The zero-order chi connectivity index (χ0) is 15.9. The van der Waals surface area contributed by atoms with Gasteiger partial charge in [0.1, 0.15) is 5.82 Å². The minimum Gasteiger partial charge on any atom is -0.471 e. The fourth-order valence-corrected chi connectivity index (χ4v) is 2.65. The summed E-state index contributed by atoms with van der Waals surface area (Å²) < 4.78 is 19.2. The van der Waals surface area contributed by atoms with Crippen LogP contribution in [-0.2, 0) is 0 Å². The lowest BCUT2D eigenvalue weighted by Crippen LogP contribution is -1.84. The van der Waals surface area contributed by atoms with Gasteiger partial charge in [0.15, 0.2) is 0 Å². The smallest absolute Gasteiger partial charge is 0.137 e. The summed E-state index contributed by atoms with van der Waals surface area (Å²) in [5.41, 5.74) is 3.77. The Labute approximate surface area is 135 Å². The summed E-state index contributed by atoms with van der Waals surface area (Å²) in [5.74, 6) is -0.199. The SMILES string of the molecule is CC.CSc1ccc(-c2cocc2-c2ccccc2)cc1F. The molecule has 3 rings (SSSR count). The van der Waals surface area contributed by atoms with E-state index >= 15 is 0 Å². The molecule has 1 nitrogen and oxygen atoms in total. The molecule has 3 heteroatoms. The molecular weight excluding hydrogens is 295 g/mol. The molecule has 0 unspecified atom stereocenters. The molecule has 0 fully saturated rings. The van der Waals surface area contributed by atoms with Crippen LogP contribution in [0.4, 0.5) is 4.39 Å². The number of hydrogen-bond donors (Lipinski definition) is 0. The number of halogens is 1. The van der Waals surface area contributed by atoms with Crippen LogP contribution in [0.25, 0.3) is 22.3 Å². The molecule has 1 heterocycles. The summed E-state index contributed by atoms with van der Waals surface area (Å²) in [6, 6.07) is 15.2. The lowest BCUT2D eigenvalue weighted by molar-refractivity contribution is 0.569. The summed E-state index contributed by atoms with van der Waals surface area (Å²) in [4.78, 5) is 0.651. The Hall–Kier alpha value is -2.00. The van der Waals surface area contributed by atoms with Crippen LogP contribution in [0, 0.1) is 5.82 Å². The third kappa shape index (κ3) is 3.42. The lowest BCUT2D eigenvalue weighted by atomic mass is 9.99. The van der Waals surface area contributed by atoms with E-state index in [1.165, 1.54) is 11.8 Å². The fraction of sp³-hybridized carbons (Fsp3) is 0.158. The van der Waals surface area contributed by atoms with Gasteiger partial charge in [-0.25, -0.2) is 4.39 Å². The van der Waals surface area contributed by atoms with Crippen LogP contribution in [0.2, 0.25) is 0 Å². The number of benzene rings is 2. The maximum Gasteiger partial charge on any atom is 0.137 e. The van der Waals surface area contributed by atoms with Crippen LogP contribution >= 0.6 is 11.8 Å². The second-order valence-electron chi connectivity index (χ2n) is 4.41. The summed E-state index contributed by atoms with van der Waals surface area (Å²) >= 11 is 1.40. The Bertz CT molecular complexity index is 719. The third-order valence-electron chi connectivity index (χ3n) is 3.21. The van der Waals surface area contributed by atoms with Crippen molar-refractivity contribution in [3.63, 3.8) is 0 Å². The van der Waals surface area contributed by atoms with Crippen molar-refractivity contribution in [1.29, 1.82) is 0 Å². The van der Waals surface area contributed by atoms with E-state index in [0.29, 0.717) is 4.90 Å². The zero-order valence-electron chi connectivity index (χ0n) is 13.0. The quantitative estimate of drug-likeness (QED) is 0.512. The maximum absolute atomic E-state index is 13.9. The third-order valence-corrected chi connectivity index (χ3v) is 3.98. The van der Waals surface area contributed by atoms with Crippen LogP contribution < -0.4 is 0 Å². The van der Waals surface area contributed by atoms with E-state index in [-0.39, 0.29) is 5.82 Å². The van der Waals surface area contributed by atoms with Crippen molar-refractivity contribution in [2.24, 2.45) is 0 Å². The monoisotopic (exact) mass is 314 g/mol. The first-order valence-corrected chi connectivity index (χ1v) is 8.47. The van der Waals surface area contributed by atoms with Crippen molar-refractivity contribution in [3.8, 4) is 22.3 Å². The Morgan fingerprint density at radius 2 is 1.50 bits per heavy atom. The highest BCUT2D eigenvalue weighted by Gasteiger charge is 2.11. The molecule has 0 bridgehead atoms. The van der Waals surface area contributed by atoms with Gasteiger partial charge in [-0.3, -0.25) is 0 Å². The standard InChI is InChI=1S/C17H13FOS.C2H6/c1-20-17-8-7-13(9-16(17)18)15-11-19-10-14(15)12-5-3-2-4-6-12;1-2/h2-11H,1H3;1-2H3. The van der Waals surface area contributed by atoms with Gasteiger partial charge in [-0.05, 0) is 29.5 Å². The minimum atomic E-state index is -0.199. The Balaban J connectivity index is 0.000000847. The zero-order valence-corrected chi connectivity index (χ0v) is 13.8. The van der Waals surface area contributed by atoms with E-state index in [1.807, 2.05) is 56.5 Å². The van der Waals surface area contributed by atoms with E-state index in [1.54, 1.807) is 24.7 Å². The predicted octanol–water partition coefficient (Wildman–Crippen LogP) is 6.50. The van der Waals surface area contributed by atoms with Crippen molar-refractivity contribution in [3.05, 3.63) is 66.9 Å². The van der Waals surface area contributed by atoms with Crippen molar-refractivity contribution in [2.75, 3.05) is 6.26 Å². The molecule has 0 aliphatic heterocycles. The van der Waals surface area contributed by atoms with E-state index < -0.39 is 0 Å². The van der Waals surface area contributed by atoms with E-state index in [2.05, 4.69) is 0 Å². The lowest BCUT2D eigenvalue weighted by Gasteiger charge is -2.05. The molecule has 0 radical (unpaired) electrons. The molecule has 0 saturated heterocycles. The number of rotatable bonds is 3. The first kappa shape index (κ1) is 16.4. The first-order valence-electron chi connectivity index (χ1n) is 7.25. The van der Waals surface area contributed by atoms with Gasteiger partial charge in [0.2, 0.25) is 0 Å². The summed E-state index contributed by atoms with van der Waals surface area (Å²) in [6.45, 7) is 4.00. The van der Waals surface area contributed by atoms with Gasteiger partial charge < -0.3 is 4.42 Å². The Morgan fingerprint density at radius 1 is 0.864 bits per heavy atom. The second kappa shape index (κ2) is 7.85. The van der Waals surface area contributed by atoms with Gasteiger partial charge in [0.05, 0.1) is 12.5 Å². The molecular formula is C19H19FOS. The molecule has 0 aliphatic rings. The molecule has 0 amide bonds. The predicted molar refractivity (Wildman–Crippen MR) is 92.7 cm³/mol. The normalized spacial score (nSPS) is 10.0. The highest BCUT2D eigenvalue weighted by atomic mass is 32.2. The van der Waals surface area contributed by atoms with Gasteiger partial charge >= 0.3 is 0 Å². The molecule has 0 atom stereocenters. The largest absolute Gasteiger partial charge is 0.471 e. The van der Waals surface area contributed by atoms with Crippen LogP contribution in [0.1, 0.15) is 13.8 Å². The fourth-order valence-electron chi connectivity index (χ4n) is 2.20. The van der Waals surface area contributed by atoms with Crippen molar-refractivity contribution in [2.45, 2.75) is 18.7 Å². The number of thioether (sulfide) groups is 1. The van der Waals surface area contributed by atoms with Crippen LogP contribution in [0.15, 0.2) is 70.4 Å². The van der Waals surface area contributed by atoms with E-state index in [9.17, 15) is 4.39 Å². The van der Waals surface area contributed by atoms with Gasteiger partial charge in [0.25, 0.3) is 0 Å². The molecule has 0 N–H and O–H groups in total. The number of furan rings is 1. The molecule has 114 valence electrons. The molecule has 1 aromatic heterocycles. The van der Waals surface area contributed by atoms with Crippen LogP contribution in [-0.4, -0.2) is 6.26 Å². The highest BCUT2D eigenvalue weighted by molar-refractivity contribution is 7.98. The van der Waals surface area contributed by atoms with Crippen LogP contribution in [0.3, 0.4) is 0 Å². The van der Waals surface area contributed by atoms with Gasteiger partial charge in [-0.2, -0.15) is 0 Å². The summed E-state index contributed by atoms with van der Waals surface area (Å²) in [6.07, 6.45) is 5.23. The minimum absolute atomic E-state index is 0.199. The maximum atomic E-state index is 13.9. The Morgan fingerprint density at radius 3 is 2.09 bits per heavy atom. The van der Waals surface area contributed by atoms with Crippen LogP contribution in [0.5, 0.6) is 0 Å². The average Bonchev–Trinajstić information content (AvgIpc) is 3.07. The number of hydrogen-bond acceptors (Lipinski definition) is 2. The topological polar surface area (TPSA) is 13.1 Å². The van der Waals surface area contributed by atoms with E-state index in [0.717, 1.165) is 22.3 Å². The highest BCUT2D eigenvalue weighted by Crippen LogP contribution is 2.34. The van der Waals surface area contributed by atoms with Crippen molar-refractivity contribution < 1.29 is 8.81 Å². The summed E-state index contributed by atoms with van der Waals surface area (Å²) in [5, 5.41) is 0. The van der Waals surface area contributed by atoms with Gasteiger partial charge in [-0.15, -0.1) is 11.8 Å². The molecule has 3 aromatic rings. The van der Waals surface area contributed by atoms with E-state index in [4.69, 9.17) is 4.42 Å². The second-order valence-corrected chi connectivity index (χ2v) is 5.26. The average molecular weight is 314 g/mol. The molecule has 22 heavy (non-hydrogen) atoms. The van der Waals surface area contributed by atoms with Crippen molar-refractivity contribution >= 4 is 11.8 Å². The molecule has 2 aromatic carbocycles.